The zero-order valence-corrected chi connectivity index (χ0v) is 10.2. The Morgan fingerprint density at radius 1 is 1.31 bits per heavy atom. The summed E-state index contributed by atoms with van der Waals surface area (Å²) in [6.07, 6.45) is 0. The van der Waals surface area contributed by atoms with Crippen LogP contribution in [0.2, 0.25) is 0 Å². The Labute approximate surface area is 94.7 Å². The lowest BCUT2D eigenvalue weighted by molar-refractivity contribution is 0.513. The molecule has 16 heavy (non-hydrogen) atoms. The van der Waals surface area contributed by atoms with Crippen LogP contribution in [-0.2, 0) is 12.0 Å². The number of fused-ring (bicyclic) bond motifs is 1. The van der Waals surface area contributed by atoms with E-state index in [0.29, 0.717) is 12.1 Å². The van der Waals surface area contributed by atoms with Crippen molar-refractivity contribution in [1.82, 2.24) is 4.57 Å². The van der Waals surface area contributed by atoms with Crippen molar-refractivity contribution in [2.75, 3.05) is 0 Å². The Balaban J connectivity index is 2.74. The first-order valence-electron chi connectivity index (χ1n) is 5.57. The molecule has 2 rings (SSSR count). The van der Waals surface area contributed by atoms with Gasteiger partial charge in [0.05, 0.1) is 5.52 Å². The van der Waals surface area contributed by atoms with Crippen LogP contribution in [0.3, 0.4) is 0 Å². The molecule has 0 saturated heterocycles. The van der Waals surface area contributed by atoms with Gasteiger partial charge in [0.15, 0.2) is 5.58 Å². The van der Waals surface area contributed by atoms with Crippen LogP contribution in [0.1, 0.15) is 33.3 Å². The minimum atomic E-state index is -0.274. The van der Waals surface area contributed by atoms with Crippen LogP contribution in [0.15, 0.2) is 27.4 Å². The van der Waals surface area contributed by atoms with Crippen LogP contribution in [0.4, 0.5) is 0 Å². The molecule has 3 nitrogen and oxygen atoms in total. The molecule has 0 fully saturated rings. The summed E-state index contributed by atoms with van der Waals surface area (Å²) in [5, 5.41) is 0. The summed E-state index contributed by atoms with van der Waals surface area (Å²) < 4.78 is 6.82. The van der Waals surface area contributed by atoms with E-state index in [2.05, 4.69) is 20.8 Å². The largest absolute Gasteiger partial charge is 0.419 e. The molecule has 3 heteroatoms. The fourth-order valence-electron chi connectivity index (χ4n) is 1.83. The third-order valence-electron chi connectivity index (χ3n) is 2.85. The van der Waals surface area contributed by atoms with E-state index in [0.717, 1.165) is 5.52 Å². The molecule has 0 unspecified atom stereocenters. The van der Waals surface area contributed by atoms with Gasteiger partial charge in [-0.15, -0.1) is 0 Å². The van der Waals surface area contributed by atoms with E-state index in [1.807, 2.05) is 25.1 Å². The molecule has 0 radical (unpaired) electrons. The SMILES string of the molecule is CCn1c(=O)oc2ccc(C(C)(C)C)cc21. The monoisotopic (exact) mass is 219 g/mol. The van der Waals surface area contributed by atoms with Crippen molar-refractivity contribution >= 4 is 11.1 Å². The topological polar surface area (TPSA) is 35.1 Å². The van der Waals surface area contributed by atoms with Crippen LogP contribution >= 0.6 is 0 Å². The summed E-state index contributed by atoms with van der Waals surface area (Å²) >= 11 is 0. The van der Waals surface area contributed by atoms with Crippen molar-refractivity contribution in [3.05, 3.63) is 34.3 Å². The van der Waals surface area contributed by atoms with Crippen molar-refractivity contribution in [3.8, 4) is 0 Å². The number of oxazole rings is 1. The maximum absolute atomic E-state index is 11.5. The second-order valence-corrected chi connectivity index (χ2v) is 5.04. The van der Waals surface area contributed by atoms with Gasteiger partial charge in [0, 0.05) is 6.54 Å². The number of hydrogen-bond donors (Lipinski definition) is 0. The van der Waals surface area contributed by atoms with Gasteiger partial charge in [-0.05, 0) is 30.0 Å². The van der Waals surface area contributed by atoms with Crippen molar-refractivity contribution < 1.29 is 4.42 Å². The standard InChI is InChI=1S/C13H17NO2/c1-5-14-10-8-9(13(2,3)4)6-7-11(10)16-12(14)15/h6-8H,5H2,1-4H3. The average Bonchev–Trinajstić information content (AvgIpc) is 2.50. The molecule has 0 spiro atoms. The molecule has 0 aliphatic carbocycles. The van der Waals surface area contributed by atoms with Crippen LogP contribution in [0.25, 0.3) is 11.1 Å². The zero-order chi connectivity index (χ0) is 11.9. The minimum absolute atomic E-state index is 0.0834. The van der Waals surface area contributed by atoms with E-state index in [4.69, 9.17) is 4.42 Å². The summed E-state index contributed by atoms with van der Waals surface area (Å²) in [6, 6.07) is 5.94. The van der Waals surface area contributed by atoms with Gasteiger partial charge in [0.2, 0.25) is 0 Å². The van der Waals surface area contributed by atoms with Gasteiger partial charge < -0.3 is 4.42 Å². The highest BCUT2D eigenvalue weighted by atomic mass is 16.4. The molecule has 0 atom stereocenters. The van der Waals surface area contributed by atoms with Gasteiger partial charge in [-0.1, -0.05) is 26.8 Å². The van der Waals surface area contributed by atoms with Gasteiger partial charge in [-0.25, -0.2) is 4.79 Å². The number of aryl methyl sites for hydroxylation is 1. The first kappa shape index (κ1) is 11.0. The molecule has 2 aromatic rings. The molecule has 1 aromatic heterocycles. The summed E-state index contributed by atoms with van der Waals surface area (Å²) in [4.78, 5) is 11.5. The Morgan fingerprint density at radius 2 is 2.00 bits per heavy atom. The molecular formula is C13H17NO2. The van der Waals surface area contributed by atoms with E-state index in [-0.39, 0.29) is 11.2 Å². The quantitative estimate of drug-likeness (QED) is 0.739. The number of rotatable bonds is 1. The maximum atomic E-state index is 11.5. The zero-order valence-electron chi connectivity index (χ0n) is 10.2. The second kappa shape index (κ2) is 3.51. The fraction of sp³-hybridized carbons (Fsp3) is 0.462. The normalized spacial score (nSPS) is 12.2. The first-order valence-corrected chi connectivity index (χ1v) is 5.57. The van der Waals surface area contributed by atoms with E-state index < -0.39 is 0 Å². The van der Waals surface area contributed by atoms with Crippen molar-refractivity contribution in [2.24, 2.45) is 0 Å². The Bertz CT molecular complexity index is 570. The summed E-state index contributed by atoms with van der Waals surface area (Å²) in [7, 11) is 0. The predicted octanol–water partition coefficient (Wildman–Crippen LogP) is 2.91. The lowest BCUT2D eigenvalue weighted by atomic mass is 9.87. The lowest BCUT2D eigenvalue weighted by Crippen LogP contribution is -2.13. The van der Waals surface area contributed by atoms with E-state index in [9.17, 15) is 4.79 Å². The molecule has 86 valence electrons. The van der Waals surface area contributed by atoms with E-state index in [1.165, 1.54) is 5.56 Å². The fourth-order valence-corrected chi connectivity index (χ4v) is 1.83. The van der Waals surface area contributed by atoms with Crippen LogP contribution in [0.5, 0.6) is 0 Å². The van der Waals surface area contributed by atoms with E-state index >= 15 is 0 Å². The average molecular weight is 219 g/mol. The third kappa shape index (κ3) is 1.66. The predicted molar refractivity (Wildman–Crippen MR) is 64.8 cm³/mol. The number of benzene rings is 1. The molecule has 0 aliphatic heterocycles. The highest BCUT2D eigenvalue weighted by Gasteiger charge is 2.16. The second-order valence-electron chi connectivity index (χ2n) is 5.04. The highest BCUT2D eigenvalue weighted by molar-refractivity contribution is 5.74. The Kier molecular flexibility index (Phi) is 2.41. The Morgan fingerprint density at radius 3 is 2.56 bits per heavy atom. The van der Waals surface area contributed by atoms with E-state index in [1.54, 1.807) is 4.57 Å². The smallest absolute Gasteiger partial charge is 0.408 e. The molecule has 1 heterocycles. The van der Waals surface area contributed by atoms with Crippen molar-refractivity contribution in [3.63, 3.8) is 0 Å². The van der Waals surface area contributed by atoms with Gasteiger partial charge >= 0.3 is 5.76 Å². The molecule has 0 amide bonds. The van der Waals surface area contributed by atoms with Gasteiger partial charge in [0.1, 0.15) is 0 Å². The molecular weight excluding hydrogens is 202 g/mol. The maximum Gasteiger partial charge on any atom is 0.419 e. The lowest BCUT2D eigenvalue weighted by Gasteiger charge is -2.18. The summed E-state index contributed by atoms with van der Waals surface area (Å²) in [5.74, 6) is -0.274. The molecule has 0 saturated carbocycles. The molecule has 1 aromatic carbocycles. The van der Waals surface area contributed by atoms with Crippen LogP contribution in [-0.4, -0.2) is 4.57 Å². The number of aromatic nitrogens is 1. The number of nitrogens with zero attached hydrogens (tertiary/aromatic N) is 1. The van der Waals surface area contributed by atoms with Crippen molar-refractivity contribution in [1.29, 1.82) is 0 Å². The van der Waals surface area contributed by atoms with Gasteiger partial charge in [-0.3, -0.25) is 4.57 Å². The first-order chi connectivity index (χ1) is 7.43. The highest BCUT2D eigenvalue weighted by Crippen LogP contribution is 2.25. The summed E-state index contributed by atoms with van der Waals surface area (Å²) in [5.41, 5.74) is 2.85. The number of hydrogen-bond acceptors (Lipinski definition) is 2. The minimum Gasteiger partial charge on any atom is -0.408 e. The van der Waals surface area contributed by atoms with Gasteiger partial charge in [-0.2, -0.15) is 0 Å². The molecule has 0 N–H and O–H groups in total. The Hall–Kier alpha value is -1.51. The molecule has 0 aliphatic rings. The van der Waals surface area contributed by atoms with Crippen LogP contribution in [0, 0.1) is 0 Å². The summed E-state index contributed by atoms with van der Waals surface area (Å²) in [6.45, 7) is 9.05. The van der Waals surface area contributed by atoms with Crippen molar-refractivity contribution in [2.45, 2.75) is 39.7 Å². The third-order valence-corrected chi connectivity index (χ3v) is 2.85. The molecule has 0 bridgehead atoms. The van der Waals surface area contributed by atoms with Gasteiger partial charge in [0.25, 0.3) is 0 Å². The van der Waals surface area contributed by atoms with Crippen LogP contribution < -0.4 is 5.76 Å².